The van der Waals surface area contributed by atoms with E-state index in [-0.39, 0.29) is 17.0 Å². The summed E-state index contributed by atoms with van der Waals surface area (Å²) in [5.74, 6) is -1.09. The SMILES string of the molecule is CC1(C)OC(=O)[C@@H]2[C@H](c3cccc(Cl)c3F)[C@@](N)(c3ccc(Cl)cc3)[C@H](CC3CCCCC3)N21. The molecule has 2 aromatic carbocycles. The van der Waals surface area contributed by atoms with Crippen molar-refractivity contribution in [3.8, 4) is 0 Å². The molecule has 7 heteroatoms. The molecule has 0 aromatic heterocycles. The van der Waals surface area contributed by atoms with Gasteiger partial charge in [0.2, 0.25) is 0 Å². The Morgan fingerprint density at radius 3 is 2.44 bits per heavy atom. The van der Waals surface area contributed by atoms with Gasteiger partial charge in [-0.25, -0.2) is 9.29 Å². The Bertz CT molecular complexity index is 1090. The van der Waals surface area contributed by atoms with Crippen molar-refractivity contribution < 1.29 is 13.9 Å². The summed E-state index contributed by atoms with van der Waals surface area (Å²) in [6.45, 7) is 3.80. The Morgan fingerprint density at radius 2 is 1.76 bits per heavy atom. The van der Waals surface area contributed by atoms with Crippen LogP contribution in [-0.4, -0.2) is 28.7 Å². The third kappa shape index (κ3) is 3.76. The molecule has 34 heavy (non-hydrogen) atoms. The van der Waals surface area contributed by atoms with E-state index in [1.54, 1.807) is 24.3 Å². The maximum Gasteiger partial charge on any atom is 0.325 e. The smallest absolute Gasteiger partial charge is 0.325 e. The van der Waals surface area contributed by atoms with Crippen molar-refractivity contribution in [1.29, 1.82) is 0 Å². The topological polar surface area (TPSA) is 55.6 Å². The molecule has 3 aliphatic rings. The number of carbonyl (C=O) groups is 1. The number of cyclic esters (lactones) is 1. The van der Waals surface area contributed by atoms with Gasteiger partial charge in [-0.1, -0.05) is 79.6 Å². The zero-order chi connectivity index (χ0) is 24.3. The van der Waals surface area contributed by atoms with Gasteiger partial charge in [0.05, 0.1) is 10.6 Å². The lowest BCUT2D eigenvalue weighted by molar-refractivity contribution is -0.152. The molecule has 5 rings (SSSR count). The highest BCUT2D eigenvalue weighted by Crippen LogP contribution is 2.57. The minimum Gasteiger partial charge on any atom is -0.443 e. The maximum atomic E-state index is 15.6. The van der Waals surface area contributed by atoms with Crippen LogP contribution in [0, 0.1) is 11.7 Å². The van der Waals surface area contributed by atoms with Gasteiger partial charge in [-0.2, -0.15) is 0 Å². The Morgan fingerprint density at radius 1 is 1.09 bits per heavy atom. The van der Waals surface area contributed by atoms with Gasteiger partial charge < -0.3 is 10.5 Å². The van der Waals surface area contributed by atoms with E-state index in [2.05, 4.69) is 4.90 Å². The second-order valence-electron chi connectivity index (χ2n) is 10.5. The van der Waals surface area contributed by atoms with Crippen molar-refractivity contribution in [2.45, 2.75) is 81.6 Å². The number of halogens is 3. The zero-order valence-corrected chi connectivity index (χ0v) is 21.1. The first-order valence-electron chi connectivity index (χ1n) is 12.1. The van der Waals surface area contributed by atoms with Crippen LogP contribution in [0.2, 0.25) is 10.0 Å². The monoisotopic (exact) mass is 504 g/mol. The van der Waals surface area contributed by atoms with E-state index < -0.39 is 29.0 Å². The summed E-state index contributed by atoms with van der Waals surface area (Å²) < 4.78 is 21.4. The summed E-state index contributed by atoms with van der Waals surface area (Å²) >= 11 is 12.4. The number of nitrogens with two attached hydrogens (primary N) is 1. The lowest BCUT2D eigenvalue weighted by Gasteiger charge is -2.43. The van der Waals surface area contributed by atoms with E-state index in [1.165, 1.54) is 25.3 Å². The van der Waals surface area contributed by atoms with Gasteiger partial charge in [-0.15, -0.1) is 0 Å². The third-order valence-electron chi connectivity index (χ3n) is 8.17. The fourth-order valence-corrected chi connectivity index (χ4v) is 7.03. The van der Waals surface area contributed by atoms with Gasteiger partial charge in [0.25, 0.3) is 0 Å². The summed E-state index contributed by atoms with van der Waals surface area (Å²) in [5, 5.41) is 0.615. The Hall–Kier alpha value is -1.66. The highest BCUT2D eigenvalue weighted by atomic mass is 35.5. The maximum absolute atomic E-state index is 15.6. The highest BCUT2D eigenvalue weighted by molar-refractivity contribution is 6.31. The zero-order valence-electron chi connectivity index (χ0n) is 19.6. The molecule has 0 bridgehead atoms. The van der Waals surface area contributed by atoms with E-state index >= 15 is 4.39 Å². The minimum atomic E-state index is -1.05. The molecule has 0 unspecified atom stereocenters. The first-order chi connectivity index (χ1) is 16.1. The van der Waals surface area contributed by atoms with E-state index in [1.807, 2.05) is 26.0 Å². The lowest BCUT2D eigenvalue weighted by Crippen LogP contribution is -2.56. The number of carbonyl (C=O) groups excluding carboxylic acids is 1. The second-order valence-corrected chi connectivity index (χ2v) is 11.4. The van der Waals surface area contributed by atoms with Crippen LogP contribution < -0.4 is 5.73 Å². The Labute approximate surface area is 210 Å². The van der Waals surface area contributed by atoms with E-state index in [9.17, 15) is 4.79 Å². The summed E-state index contributed by atoms with van der Waals surface area (Å²) in [6.07, 6.45) is 6.74. The normalized spacial score (nSPS) is 31.5. The Balaban J connectivity index is 1.73. The third-order valence-corrected chi connectivity index (χ3v) is 8.72. The molecule has 2 saturated heterocycles. The first-order valence-corrected chi connectivity index (χ1v) is 12.9. The van der Waals surface area contributed by atoms with E-state index in [0.717, 1.165) is 24.8 Å². The fourth-order valence-electron chi connectivity index (χ4n) is 6.72. The van der Waals surface area contributed by atoms with Gasteiger partial charge in [0.15, 0.2) is 5.72 Å². The minimum absolute atomic E-state index is 0.0175. The van der Waals surface area contributed by atoms with Gasteiger partial charge in [-0.05, 0) is 55.5 Å². The number of hydrogen-bond donors (Lipinski definition) is 1. The average molecular weight is 505 g/mol. The molecule has 1 saturated carbocycles. The fraction of sp³-hybridized carbons (Fsp3) is 0.519. The van der Waals surface area contributed by atoms with Crippen molar-refractivity contribution in [1.82, 2.24) is 4.90 Å². The van der Waals surface area contributed by atoms with Crippen LogP contribution in [0.1, 0.15) is 69.4 Å². The predicted molar refractivity (Wildman–Crippen MR) is 132 cm³/mol. The standard InChI is InChI=1S/C27H31Cl2FN2O2/c1-26(2)32-21(15-16-7-4-3-5-8-16)27(31,17-11-13-18(28)14-12-17)22(24(32)25(33)34-26)19-9-6-10-20(29)23(19)30/h6,9-14,16,21-22,24H,3-5,7-8,15,31H2,1-2H3/t21-,22-,24-,27+/m0/s1. The van der Waals surface area contributed by atoms with Crippen molar-refractivity contribution in [2.24, 2.45) is 11.7 Å². The molecule has 2 N–H and O–H groups in total. The van der Waals surface area contributed by atoms with Crippen LogP contribution in [0.4, 0.5) is 4.39 Å². The summed E-state index contributed by atoms with van der Waals surface area (Å²) in [5.41, 5.74) is 6.73. The molecule has 2 aromatic rings. The first kappa shape index (κ1) is 24.1. The summed E-state index contributed by atoms with van der Waals surface area (Å²) in [7, 11) is 0. The van der Waals surface area contributed by atoms with Crippen LogP contribution in [0.3, 0.4) is 0 Å². The number of fused-ring (bicyclic) bond motifs is 1. The van der Waals surface area contributed by atoms with E-state index in [0.29, 0.717) is 16.5 Å². The molecule has 2 heterocycles. The number of ether oxygens (including phenoxy) is 1. The molecule has 0 radical (unpaired) electrons. The number of esters is 1. The largest absolute Gasteiger partial charge is 0.443 e. The van der Waals surface area contributed by atoms with Crippen LogP contribution in [0.25, 0.3) is 0 Å². The van der Waals surface area contributed by atoms with Gasteiger partial charge in [-0.3, -0.25) is 4.79 Å². The van der Waals surface area contributed by atoms with Crippen LogP contribution >= 0.6 is 23.2 Å². The molecular formula is C27H31Cl2FN2O2. The number of rotatable bonds is 4. The molecule has 182 valence electrons. The molecule has 3 fully saturated rings. The quantitative estimate of drug-likeness (QED) is 0.490. The number of benzene rings is 2. The Kier molecular flexibility index (Phi) is 6.21. The van der Waals surface area contributed by atoms with Crippen molar-refractivity contribution in [2.75, 3.05) is 0 Å². The molecular weight excluding hydrogens is 474 g/mol. The van der Waals surface area contributed by atoms with Crippen molar-refractivity contribution >= 4 is 29.2 Å². The molecule has 4 atom stereocenters. The highest BCUT2D eigenvalue weighted by Gasteiger charge is 2.68. The number of nitrogens with zero attached hydrogens (tertiary/aromatic N) is 1. The van der Waals surface area contributed by atoms with Crippen LogP contribution in [-0.2, 0) is 15.1 Å². The van der Waals surface area contributed by atoms with Gasteiger partial charge in [0, 0.05) is 17.0 Å². The molecule has 0 amide bonds. The predicted octanol–water partition coefficient (Wildman–Crippen LogP) is 6.39. The molecule has 2 aliphatic heterocycles. The van der Waals surface area contributed by atoms with Gasteiger partial charge in [0.1, 0.15) is 11.9 Å². The average Bonchev–Trinajstić information content (AvgIpc) is 3.20. The van der Waals surface area contributed by atoms with Gasteiger partial charge >= 0.3 is 5.97 Å². The lowest BCUT2D eigenvalue weighted by atomic mass is 9.69. The summed E-state index contributed by atoms with van der Waals surface area (Å²) in [6, 6.07) is 11.4. The van der Waals surface area contributed by atoms with Crippen LogP contribution in [0.5, 0.6) is 0 Å². The molecule has 0 spiro atoms. The molecule has 4 nitrogen and oxygen atoms in total. The van der Waals surface area contributed by atoms with Crippen molar-refractivity contribution in [3.05, 3.63) is 69.5 Å². The second kappa shape index (κ2) is 8.77. The summed E-state index contributed by atoms with van der Waals surface area (Å²) in [4.78, 5) is 15.5. The van der Waals surface area contributed by atoms with Crippen LogP contribution in [0.15, 0.2) is 42.5 Å². The van der Waals surface area contributed by atoms with Crippen molar-refractivity contribution in [3.63, 3.8) is 0 Å². The molecule has 1 aliphatic carbocycles. The van der Waals surface area contributed by atoms with E-state index in [4.69, 9.17) is 33.7 Å². The number of hydrogen-bond acceptors (Lipinski definition) is 4.